The molecule has 1 amide bonds. The molecule has 2 saturated carbocycles. The smallest absolute Gasteiger partial charge is 0.234 e. The lowest BCUT2D eigenvalue weighted by Gasteiger charge is -2.30. The number of fused-ring (bicyclic) bond motifs is 2. The Bertz CT molecular complexity index is 605. The number of nitrogens with one attached hydrogen (secondary N) is 1. The second kappa shape index (κ2) is 7.08. The van der Waals surface area contributed by atoms with Crippen molar-refractivity contribution in [1.29, 1.82) is 0 Å². The lowest BCUT2D eigenvalue weighted by Crippen LogP contribution is -2.45. The molecule has 0 aromatic heterocycles. The first-order valence-corrected chi connectivity index (χ1v) is 9.86. The molecule has 136 valence electrons. The molecular weight excluding hydrogens is 312 g/mol. The number of carbonyl (C=O) groups is 1. The molecule has 1 aromatic rings. The lowest BCUT2D eigenvalue weighted by molar-refractivity contribution is -0.123. The minimum atomic E-state index is -0.346. The predicted molar refractivity (Wildman–Crippen MR) is 97.9 cm³/mol. The average Bonchev–Trinajstić information content (AvgIpc) is 3.31. The summed E-state index contributed by atoms with van der Waals surface area (Å²) in [6.45, 7) is 3.13. The van der Waals surface area contributed by atoms with Gasteiger partial charge in [-0.3, -0.25) is 9.69 Å². The van der Waals surface area contributed by atoms with E-state index in [0.717, 1.165) is 11.8 Å². The van der Waals surface area contributed by atoms with Crippen LogP contribution in [0.2, 0.25) is 0 Å². The van der Waals surface area contributed by atoms with Crippen molar-refractivity contribution in [2.75, 3.05) is 13.1 Å². The zero-order valence-corrected chi connectivity index (χ0v) is 15.1. The number of carbonyl (C=O) groups excluding carboxylic acids is 1. The second-order valence-corrected chi connectivity index (χ2v) is 8.44. The summed E-state index contributed by atoms with van der Waals surface area (Å²) in [6, 6.07) is 10.6. The molecule has 2 aliphatic carbocycles. The van der Waals surface area contributed by atoms with E-state index in [1.807, 2.05) is 18.2 Å². The topological polar surface area (TPSA) is 52.6 Å². The number of aliphatic hydroxyl groups is 1. The highest BCUT2D eigenvalue weighted by molar-refractivity contribution is 5.78. The summed E-state index contributed by atoms with van der Waals surface area (Å²) in [4.78, 5) is 14.7. The Balaban J connectivity index is 1.35. The molecule has 4 nitrogen and oxygen atoms in total. The Morgan fingerprint density at radius 1 is 1.24 bits per heavy atom. The van der Waals surface area contributed by atoms with Crippen LogP contribution >= 0.6 is 0 Å². The van der Waals surface area contributed by atoms with Crippen molar-refractivity contribution in [3.8, 4) is 0 Å². The summed E-state index contributed by atoms with van der Waals surface area (Å²) < 4.78 is 0. The summed E-state index contributed by atoms with van der Waals surface area (Å²) in [6.07, 6.45) is 5.77. The number of aliphatic hydroxyl groups excluding tert-OH is 1. The number of benzene rings is 1. The Morgan fingerprint density at radius 3 is 2.72 bits per heavy atom. The molecule has 0 radical (unpaired) electrons. The van der Waals surface area contributed by atoms with E-state index in [-0.39, 0.29) is 24.1 Å². The van der Waals surface area contributed by atoms with E-state index in [1.54, 1.807) is 0 Å². The van der Waals surface area contributed by atoms with Gasteiger partial charge in [0, 0.05) is 18.6 Å². The molecule has 1 heterocycles. The maximum absolute atomic E-state index is 12.6. The van der Waals surface area contributed by atoms with E-state index in [2.05, 4.69) is 29.3 Å². The van der Waals surface area contributed by atoms with E-state index in [1.165, 1.54) is 31.2 Å². The summed E-state index contributed by atoms with van der Waals surface area (Å²) in [5.74, 6) is 2.50. The van der Waals surface area contributed by atoms with Gasteiger partial charge in [-0.1, -0.05) is 36.8 Å². The molecule has 4 rings (SSSR count). The van der Waals surface area contributed by atoms with Gasteiger partial charge < -0.3 is 10.4 Å². The number of rotatable bonds is 5. The van der Waals surface area contributed by atoms with Crippen molar-refractivity contribution in [1.82, 2.24) is 10.2 Å². The zero-order chi connectivity index (χ0) is 17.4. The first kappa shape index (κ1) is 17.0. The maximum atomic E-state index is 12.6. The Hall–Kier alpha value is -1.39. The van der Waals surface area contributed by atoms with Crippen LogP contribution in [0, 0.1) is 17.8 Å². The summed E-state index contributed by atoms with van der Waals surface area (Å²) in [5.41, 5.74) is 1.19. The third-order valence-electron chi connectivity index (χ3n) is 6.74. The summed E-state index contributed by atoms with van der Waals surface area (Å²) in [7, 11) is 0. The molecule has 25 heavy (non-hydrogen) atoms. The van der Waals surface area contributed by atoms with Crippen LogP contribution in [-0.2, 0) is 4.79 Å². The van der Waals surface area contributed by atoms with Crippen molar-refractivity contribution in [3.05, 3.63) is 35.9 Å². The van der Waals surface area contributed by atoms with Crippen LogP contribution in [0.5, 0.6) is 0 Å². The monoisotopic (exact) mass is 342 g/mol. The van der Waals surface area contributed by atoms with Gasteiger partial charge in [0.1, 0.15) is 0 Å². The predicted octanol–water partition coefficient (Wildman–Crippen LogP) is 2.74. The van der Waals surface area contributed by atoms with Gasteiger partial charge in [0.25, 0.3) is 0 Å². The van der Waals surface area contributed by atoms with E-state index in [9.17, 15) is 9.90 Å². The van der Waals surface area contributed by atoms with E-state index >= 15 is 0 Å². The van der Waals surface area contributed by atoms with Gasteiger partial charge in [-0.05, 0) is 55.9 Å². The quantitative estimate of drug-likeness (QED) is 0.865. The molecular formula is C21H30N2O2. The molecule has 1 aliphatic heterocycles. The molecule has 3 fully saturated rings. The number of β-amino-alcohol motifs (C(OH)–C–C–N with tert-alkyl or cyclic N) is 1. The van der Waals surface area contributed by atoms with Gasteiger partial charge in [0.2, 0.25) is 5.91 Å². The van der Waals surface area contributed by atoms with E-state index < -0.39 is 0 Å². The van der Waals surface area contributed by atoms with Crippen molar-refractivity contribution in [3.63, 3.8) is 0 Å². The fourth-order valence-electron chi connectivity index (χ4n) is 5.57. The third kappa shape index (κ3) is 3.61. The van der Waals surface area contributed by atoms with Gasteiger partial charge in [-0.15, -0.1) is 0 Å². The molecule has 6 unspecified atom stereocenters. The van der Waals surface area contributed by atoms with Gasteiger partial charge in [0.15, 0.2) is 0 Å². The second-order valence-electron chi connectivity index (χ2n) is 8.44. The summed E-state index contributed by atoms with van der Waals surface area (Å²) >= 11 is 0. The Kier molecular flexibility index (Phi) is 4.83. The van der Waals surface area contributed by atoms with Crippen LogP contribution in [-0.4, -0.2) is 41.1 Å². The van der Waals surface area contributed by atoms with E-state index in [0.29, 0.717) is 25.4 Å². The number of amides is 1. The van der Waals surface area contributed by atoms with Crippen molar-refractivity contribution < 1.29 is 9.90 Å². The highest BCUT2D eigenvalue weighted by Crippen LogP contribution is 2.49. The highest BCUT2D eigenvalue weighted by Gasteiger charge is 2.42. The molecule has 0 spiro atoms. The fourth-order valence-corrected chi connectivity index (χ4v) is 5.57. The maximum Gasteiger partial charge on any atom is 0.234 e. The SMILES string of the molecule is CC(NC(=O)CN1CC(O)CC1c1ccccc1)C1CC2CCC1C2. The first-order valence-electron chi connectivity index (χ1n) is 9.86. The largest absolute Gasteiger partial charge is 0.392 e. The van der Waals surface area contributed by atoms with Gasteiger partial charge >= 0.3 is 0 Å². The average molecular weight is 342 g/mol. The lowest BCUT2D eigenvalue weighted by atomic mass is 9.84. The third-order valence-corrected chi connectivity index (χ3v) is 6.74. The Labute approximate surface area is 150 Å². The molecule has 3 aliphatic rings. The molecule has 1 aromatic carbocycles. The standard InChI is InChI=1S/C21H30N2O2/c1-14(19-10-15-7-8-17(19)9-15)22-21(25)13-23-12-18(24)11-20(23)16-5-3-2-4-6-16/h2-6,14-15,17-20,24H,7-13H2,1H3,(H,22,25). The number of nitrogens with zero attached hydrogens (tertiary/aromatic N) is 1. The van der Waals surface area contributed by atoms with E-state index in [4.69, 9.17) is 0 Å². The van der Waals surface area contributed by atoms with Crippen molar-refractivity contribution in [2.24, 2.45) is 17.8 Å². The van der Waals surface area contributed by atoms with Crippen molar-refractivity contribution >= 4 is 5.91 Å². The minimum absolute atomic E-state index is 0.102. The fraction of sp³-hybridized carbons (Fsp3) is 0.667. The first-order chi connectivity index (χ1) is 12.1. The molecule has 2 N–H and O–H groups in total. The van der Waals surface area contributed by atoms with Crippen LogP contribution < -0.4 is 5.32 Å². The zero-order valence-electron chi connectivity index (χ0n) is 15.1. The summed E-state index contributed by atoms with van der Waals surface area (Å²) in [5, 5.41) is 13.4. The molecule has 2 bridgehead atoms. The minimum Gasteiger partial charge on any atom is -0.392 e. The van der Waals surface area contributed by atoms with Gasteiger partial charge in [-0.25, -0.2) is 0 Å². The van der Waals surface area contributed by atoms with Crippen LogP contribution in [0.1, 0.15) is 50.6 Å². The van der Waals surface area contributed by atoms with Gasteiger partial charge in [0.05, 0.1) is 12.6 Å². The number of likely N-dealkylation sites (tertiary alicyclic amines) is 1. The number of hydrogen-bond donors (Lipinski definition) is 2. The van der Waals surface area contributed by atoms with Crippen LogP contribution in [0.4, 0.5) is 0 Å². The Morgan fingerprint density at radius 2 is 2.04 bits per heavy atom. The normalized spacial score (nSPS) is 35.8. The van der Waals surface area contributed by atoms with Crippen LogP contribution in [0.15, 0.2) is 30.3 Å². The van der Waals surface area contributed by atoms with Crippen molar-refractivity contribution in [2.45, 2.75) is 57.2 Å². The highest BCUT2D eigenvalue weighted by atomic mass is 16.3. The van der Waals surface area contributed by atoms with Crippen LogP contribution in [0.3, 0.4) is 0 Å². The van der Waals surface area contributed by atoms with Gasteiger partial charge in [-0.2, -0.15) is 0 Å². The van der Waals surface area contributed by atoms with Crippen LogP contribution in [0.25, 0.3) is 0 Å². The molecule has 6 atom stereocenters. The number of hydrogen-bond acceptors (Lipinski definition) is 3. The molecule has 1 saturated heterocycles. The molecule has 4 heteroatoms.